The molecule has 0 aromatic heterocycles. The predicted molar refractivity (Wildman–Crippen MR) is 107 cm³/mol. The van der Waals surface area contributed by atoms with Gasteiger partial charge >= 0.3 is 0 Å². The number of carbonyl (C=O) groups excluding carboxylic acids is 2. The Bertz CT molecular complexity index is 794. The SMILES string of the molecule is COc1ccc(C(C)=O)cc1CSCC(=O)N[C@H](C)c1ccccc1Cl. The molecule has 1 atom stereocenters. The first-order valence-corrected chi connectivity index (χ1v) is 9.75. The summed E-state index contributed by atoms with van der Waals surface area (Å²) < 4.78 is 5.33. The molecule has 1 amide bonds. The lowest BCUT2D eigenvalue weighted by atomic mass is 10.1. The minimum atomic E-state index is -0.160. The third kappa shape index (κ3) is 5.51. The van der Waals surface area contributed by atoms with Crippen LogP contribution >= 0.6 is 23.4 Å². The van der Waals surface area contributed by atoms with Crippen molar-refractivity contribution in [3.63, 3.8) is 0 Å². The van der Waals surface area contributed by atoms with Crippen LogP contribution in [0.3, 0.4) is 0 Å². The van der Waals surface area contributed by atoms with Gasteiger partial charge in [0.15, 0.2) is 5.78 Å². The first kappa shape index (κ1) is 20.3. The number of amides is 1. The van der Waals surface area contributed by atoms with Crippen molar-refractivity contribution in [2.75, 3.05) is 12.9 Å². The molecule has 2 aromatic rings. The van der Waals surface area contributed by atoms with Crippen LogP contribution in [-0.2, 0) is 10.5 Å². The quantitative estimate of drug-likeness (QED) is 0.665. The average molecular weight is 392 g/mol. The highest BCUT2D eigenvalue weighted by atomic mass is 35.5. The van der Waals surface area contributed by atoms with Gasteiger partial charge in [0.1, 0.15) is 5.75 Å². The highest BCUT2D eigenvalue weighted by Gasteiger charge is 2.13. The highest BCUT2D eigenvalue weighted by Crippen LogP contribution is 2.25. The molecule has 2 aromatic carbocycles. The largest absolute Gasteiger partial charge is 0.496 e. The Morgan fingerprint density at radius 1 is 1.23 bits per heavy atom. The zero-order chi connectivity index (χ0) is 19.1. The van der Waals surface area contributed by atoms with Crippen LogP contribution in [0, 0.1) is 0 Å². The molecule has 138 valence electrons. The van der Waals surface area contributed by atoms with Gasteiger partial charge < -0.3 is 10.1 Å². The molecule has 26 heavy (non-hydrogen) atoms. The van der Waals surface area contributed by atoms with Crippen molar-refractivity contribution in [2.24, 2.45) is 0 Å². The average Bonchev–Trinajstić information content (AvgIpc) is 2.61. The van der Waals surface area contributed by atoms with E-state index in [-0.39, 0.29) is 17.7 Å². The number of ether oxygens (including phenoxy) is 1. The van der Waals surface area contributed by atoms with Crippen molar-refractivity contribution in [3.8, 4) is 5.75 Å². The molecule has 2 rings (SSSR count). The van der Waals surface area contributed by atoms with E-state index in [4.69, 9.17) is 16.3 Å². The summed E-state index contributed by atoms with van der Waals surface area (Å²) in [5.74, 6) is 1.54. The monoisotopic (exact) mass is 391 g/mol. The summed E-state index contributed by atoms with van der Waals surface area (Å²) in [5.41, 5.74) is 2.43. The number of carbonyl (C=O) groups is 2. The Morgan fingerprint density at radius 3 is 2.62 bits per heavy atom. The number of benzene rings is 2. The van der Waals surface area contributed by atoms with Gasteiger partial charge in [-0.1, -0.05) is 29.8 Å². The van der Waals surface area contributed by atoms with E-state index in [1.165, 1.54) is 18.7 Å². The summed E-state index contributed by atoms with van der Waals surface area (Å²) in [6, 6.07) is 12.7. The molecule has 0 saturated carbocycles. The van der Waals surface area contributed by atoms with Gasteiger partial charge in [0, 0.05) is 21.9 Å². The number of hydrogen-bond acceptors (Lipinski definition) is 4. The lowest BCUT2D eigenvalue weighted by Crippen LogP contribution is -2.28. The van der Waals surface area contributed by atoms with E-state index in [0.29, 0.717) is 27.8 Å². The number of methoxy groups -OCH3 is 1. The van der Waals surface area contributed by atoms with Crippen molar-refractivity contribution < 1.29 is 14.3 Å². The molecule has 6 heteroatoms. The van der Waals surface area contributed by atoms with Crippen LogP contribution in [0.5, 0.6) is 5.75 Å². The second-order valence-electron chi connectivity index (χ2n) is 5.89. The maximum absolute atomic E-state index is 12.2. The van der Waals surface area contributed by atoms with Crippen LogP contribution in [0.2, 0.25) is 5.02 Å². The summed E-state index contributed by atoms with van der Waals surface area (Å²) in [7, 11) is 1.59. The fourth-order valence-corrected chi connectivity index (χ4v) is 3.67. The molecule has 0 spiro atoms. The first-order valence-electron chi connectivity index (χ1n) is 8.21. The lowest BCUT2D eigenvalue weighted by Gasteiger charge is -2.16. The third-order valence-corrected chi connectivity index (χ3v) is 5.25. The maximum atomic E-state index is 12.2. The molecule has 1 N–H and O–H groups in total. The van der Waals surface area contributed by atoms with Crippen LogP contribution in [0.15, 0.2) is 42.5 Å². The van der Waals surface area contributed by atoms with Crippen LogP contribution < -0.4 is 10.1 Å². The molecule has 0 aliphatic rings. The van der Waals surface area contributed by atoms with E-state index < -0.39 is 0 Å². The van der Waals surface area contributed by atoms with Crippen LogP contribution in [0.4, 0.5) is 0 Å². The summed E-state index contributed by atoms with van der Waals surface area (Å²) in [4.78, 5) is 23.7. The van der Waals surface area contributed by atoms with Crippen molar-refractivity contribution >= 4 is 35.1 Å². The van der Waals surface area contributed by atoms with Crippen molar-refractivity contribution in [3.05, 3.63) is 64.2 Å². The van der Waals surface area contributed by atoms with E-state index in [2.05, 4.69) is 5.32 Å². The minimum absolute atomic E-state index is 0.00482. The van der Waals surface area contributed by atoms with Gasteiger partial charge in [0.25, 0.3) is 0 Å². The molecule has 4 nitrogen and oxygen atoms in total. The molecular weight excluding hydrogens is 370 g/mol. The summed E-state index contributed by atoms with van der Waals surface area (Å²) in [5, 5.41) is 3.59. The number of Topliss-reactive ketones (excluding diaryl/α,β-unsaturated/α-hetero) is 1. The zero-order valence-corrected chi connectivity index (χ0v) is 16.6. The van der Waals surface area contributed by atoms with E-state index in [0.717, 1.165) is 11.1 Å². The second-order valence-corrected chi connectivity index (χ2v) is 7.28. The van der Waals surface area contributed by atoms with Gasteiger partial charge in [-0.2, -0.15) is 0 Å². The predicted octanol–water partition coefficient (Wildman–Crippen LogP) is 4.66. The molecule has 0 bridgehead atoms. The van der Waals surface area contributed by atoms with Crippen molar-refractivity contribution in [2.45, 2.75) is 25.6 Å². The normalized spacial score (nSPS) is 11.7. The summed E-state index contributed by atoms with van der Waals surface area (Å²) in [6.07, 6.45) is 0. The Kier molecular flexibility index (Phi) is 7.54. The van der Waals surface area contributed by atoms with Gasteiger partial charge in [-0.05, 0) is 43.7 Å². The molecule has 0 heterocycles. The van der Waals surface area contributed by atoms with E-state index >= 15 is 0 Å². The first-order chi connectivity index (χ1) is 12.4. The Morgan fingerprint density at radius 2 is 1.96 bits per heavy atom. The standard InChI is InChI=1S/C20H22ClNO3S/c1-13(17-6-4-5-7-18(17)21)22-20(24)12-26-11-16-10-15(14(2)23)8-9-19(16)25-3/h4-10,13H,11-12H2,1-3H3,(H,22,24)/t13-/m1/s1. The molecule has 0 unspecified atom stereocenters. The maximum Gasteiger partial charge on any atom is 0.230 e. The van der Waals surface area contributed by atoms with Crippen LogP contribution in [0.1, 0.15) is 41.4 Å². The zero-order valence-electron chi connectivity index (χ0n) is 15.0. The third-order valence-electron chi connectivity index (χ3n) is 3.93. The Hall–Kier alpha value is -1.98. The number of ketones is 1. The summed E-state index contributed by atoms with van der Waals surface area (Å²) >= 11 is 7.63. The second kappa shape index (κ2) is 9.64. The van der Waals surface area contributed by atoms with Crippen molar-refractivity contribution in [1.29, 1.82) is 0 Å². The molecule has 0 fully saturated rings. The Balaban J connectivity index is 1.91. The van der Waals surface area contributed by atoms with Gasteiger partial charge in [0.2, 0.25) is 5.91 Å². The van der Waals surface area contributed by atoms with Gasteiger partial charge in [-0.25, -0.2) is 0 Å². The fourth-order valence-electron chi connectivity index (χ4n) is 2.55. The lowest BCUT2D eigenvalue weighted by molar-refractivity contribution is -0.119. The van der Waals surface area contributed by atoms with E-state index in [9.17, 15) is 9.59 Å². The molecule has 0 saturated heterocycles. The molecule has 0 aliphatic carbocycles. The smallest absolute Gasteiger partial charge is 0.230 e. The summed E-state index contributed by atoms with van der Waals surface area (Å²) in [6.45, 7) is 3.44. The number of rotatable bonds is 8. The number of nitrogens with one attached hydrogen (secondary N) is 1. The topological polar surface area (TPSA) is 55.4 Å². The minimum Gasteiger partial charge on any atom is -0.496 e. The number of hydrogen-bond donors (Lipinski definition) is 1. The van der Waals surface area contributed by atoms with Crippen LogP contribution in [-0.4, -0.2) is 24.6 Å². The fraction of sp³-hybridized carbons (Fsp3) is 0.300. The number of thioether (sulfide) groups is 1. The Labute approximate surface area is 163 Å². The molecular formula is C20H22ClNO3S. The van der Waals surface area contributed by atoms with Gasteiger partial charge in [-0.3, -0.25) is 9.59 Å². The highest BCUT2D eigenvalue weighted by molar-refractivity contribution is 7.99. The van der Waals surface area contributed by atoms with E-state index in [1.807, 2.05) is 37.3 Å². The van der Waals surface area contributed by atoms with E-state index in [1.54, 1.807) is 19.2 Å². The molecule has 0 radical (unpaired) electrons. The van der Waals surface area contributed by atoms with Gasteiger partial charge in [-0.15, -0.1) is 11.8 Å². The van der Waals surface area contributed by atoms with Crippen molar-refractivity contribution in [1.82, 2.24) is 5.32 Å². The van der Waals surface area contributed by atoms with Crippen LogP contribution in [0.25, 0.3) is 0 Å². The number of halogens is 1. The molecule has 0 aliphatic heterocycles. The van der Waals surface area contributed by atoms with Gasteiger partial charge in [0.05, 0.1) is 18.9 Å².